The Labute approximate surface area is 96.8 Å². The number of rotatable bonds is 4. The second-order valence-electron chi connectivity index (χ2n) is 4.28. The van der Waals surface area contributed by atoms with Gasteiger partial charge in [0.1, 0.15) is 5.75 Å². The molecule has 1 aromatic carbocycles. The molecule has 3 heteroatoms. The van der Waals surface area contributed by atoms with Crippen LogP contribution in [-0.2, 0) is 0 Å². The first-order valence-electron chi connectivity index (χ1n) is 5.47. The number of ether oxygens (including phenoxy) is 1. The zero-order chi connectivity index (χ0) is 12.1. The van der Waals surface area contributed by atoms with Gasteiger partial charge in [0.15, 0.2) is 0 Å². The van der Waals surface area contributed by atoms with Gasteiger partial charge in [0, 0.05) is 12.1 Å². The van der Waals surface area contributed by atoms with Crippen LogP contribution in [0.3, 0.4) is 0 Å². The van der Waals surface area contributed by atoms with E-state index < -0.39 is 0 Å². The Hall–Kier alpha value is -1.51. The molecule has 0 bridgehead atoms. The van der Waals surface area contributed by atoms with Crippen LogP contribution in [0.25, 0.3) is 0 Å². The van der Waals surface area contributed by atoms with Gasteiger partial charge in [-0.25, -0.2) is 0 Å². The maximum absolute atomic E-state index is 11.8. The summed E-state index contributed by atoms with van der Waals surface area (Å²) in [5.74, 6) is 1.22. The second-order valence-corrected chi connectivity index (χ2v) is 4.28. The van der Waals surface area contributed by atoms with Crippen molar-refractivity contribution in [2.45, 2.75) is 20.8 Å². The van der Waals surface area contributed by atoms with Crippen molar-refractivity contribution in [2.75, 3.05) is 13.7 Å². The lowest BCUT2D eigenvalue weighted by molar-refractivity contribution is 0.0948. The standard InChI is InChI=1S/C13H19NO2/c1-9(2)8-14-13(15)12-6-5-11(16-4)7-10(12)3/h5-7,9H,8H2,1-4H3,(H,14,15). The summed E-state index contributed by atoms with van der Waals surface area (Å²) in [6.07, 6.45) is 0. The summed E-state index contributed by atoms with van der Waals surface area (Å²) in [6, 6.07) is 5.46. The Balaban J connectivity index is 2.76. The van der Waals surface area contributed by atoms with E-state index in [4.69, 9.17) is 4.74 Å². The molecule has 0 unspecified atom stereocenters. The Morgan fingerprint density at radius 2 is 2.12 bits per heavy atom. The van der Waals surface area contributed by atoms with Gasteiger partial charge in [-0.05, 0) is 36.6 Å². The number of amides is 1. The summed E-state index contributed by atoms with van der Waals surface area (Å²) in [4.78, 5) is 11.8. The highest BCUT2D eigenvalue weighted by molar-refractivity contribution is 5.95. The molecule has 0 aliphatic carbocycles. The molecular weight excluding hydrogens is 202 g/mol. The van der Waals surface area contributed by atoms with Crippen LogP contribution in [0.15, 0.2) is 18.2 Å². The first-order chi connectivity index (χ1) is 7.54. The molecule has 0 radical (unpaired) electrons. The summed E-state index contributed by atoms with van der Waals surface area (Å²) in [6.45, 7) is 6.75. The summed E-state index contributed by atoms with van der Waals surface area (Å²) in [5.41, 5.74) is 1.64. The van der Waals surface area contributed by atoms with E-state index in [1.165, 1.54) is 0 Å². The summed E-state index contributed by atoms with van der Waals surface area (Å²) < 4.78 is 5.10. The van der Waals surface area contributed by atoms with Crippen molar-refractivity contribution in [1.29, 1.82) is 0 Å². The molecule has 0 aliphatic heterocycles. The molecule has 0 saturated heterocycles. The smallest absolute Gasteiger partial charge is 0.251 e. The van der Waals surface area contributed by atoms with Gasteiger partial charge < -0.3 is 10.1 Å². The fourth-order valence-electron chi connectivity index (χ4n) is 1.41. The molecule has 0 fully saturated rings. The van der Waals surface area contributed by atoms with Crippen molar-refractivity contribution in [3.8, 4) is 5.75 Å². The molecule has 1 rings (SSSR count). The van der Waals surface area contributed by atoms with Crippen molar-refractivity contribution in [3.63, 3.8) is 0 Å². The quantitative estimate of drug-likeness (QED) is 0.847. The highest BCUT2D eigenvalue weighted by Crippen LogP contribution is 2.16. The molecule has 0 spiro atoms. The lowest BCUT2D eigenvalue weighted by Crippen LogP contribution is -2.27. The summed E-state index contributed by atoms with van der Waals surface area (Å²) in [5, 5.41) is 2.90. The molecule has 88 valence electrons. The van der Waals surface area contributed by atoms with Gasteiger partial charge in [0.2, 0.25) is 0 Å². The molecule has 1 N–H and O–H groups in total. The topological polar surface area (TPSA) is 38.3 Å². The zero-order valence-corrected chi connectivity index (χ0v) is 10.3. The predicted molar refractivity (Wildman–Crippen MR) is 64.9 cm³/mol. The van der Waals surface area contributed by atoms with Crippen LogP contribution in [0.1, 0.15) is 29.8 Å². The highest BCUT2D eigenvalue weighted by Gasteiger charge is 2.09. The van der Waals surface area contributed by atoms with Crippen LogP contribution in [0.2, 0.25) is 0 Å². The highest BCUT2D eigenvalue weighted by atomic mass is 16.5. The summed E-state index contributed by atoms with van der Waals surface area (Å²) >= 11 is 0. The van der Waals surface area contributed by atoms with Gasteiger partial charge in [0.05, 0.1) is 7.11 Å². The van der Waals surface area contributed by atoms with E-state index in [2.05, 4.69) is 19.2 Å². The summed E-state index contributed by atoms with van der Waals surface area (Å²) in [7, 11) is 1.62. The fourth-order valence-corrected chi connectivity index (χ4v) is 1.41. The third-order valence-electron chi connectivity index (χ3n) is 2.35. The SMILES string of the molecule is COc1ccc(C(=O)NCC(C)C)c(C)c1. The molecule has 1 amide bonds. The monoisotopic (exact) mass is 221 g/mol. The predicted octanol–water partition coefficient (Wildman–Crippen LogP) is 2.39. The maximum Gasteiger partial charge on any atom is 0.251 e. The molecule has 3 nitrogen and oxygen atoms in total. The van der Waals surface area contributed by atoms with Gasteiger partial charge in [-0.1, -0.05) is 13.8 Å². The van der Waals surface area contributed by atoms with Crippen LogP contribution in [0.5, 0.6) is 5.75 Å². The number of aryl methyl sites for hydroxylation is 1. The van der Waals surface area contributed by atoms with Gasteiger partial charge >= 0.3 is 0 Å². The van der Waals surface area contributed by atoms with Crippen molar-refractivity contribution >= 4 is 5.91 Å². The minimum atomic E-state index is -0.0196. The number of methoxy groups -OCH3 is 1. The number of hydrogen-bond donors (Lipinski definition) is 1. The van der Waals surface area contributed by atoms with Crippen LogP contribution < -0.4 is 10.1 Å². The molecule has 0 aromatic heterocycles. The molecule has 16 heavy (non-hydrogen) atoms. The molecule has 1 aromatic rings. The van der Waals surface area contributed by atoms with Crippen LogP contribution >= 0.6 is 0 Å². The first kappa shape index (κ1) is 12.6. The average Bonchev–Trinajstić information content (AvgIpc) is 2.25. The maximum atomic E-state index is 11.8. The van der Waals surface area contributed by atoms with E-state index >= 15 is 0 Å². The molecule has 0 aliphatic rings. The normalized spacial score (nSPS) is 10.3. The van der Waals surface area contributed by atoms with Gasteiger partial charge in [-0.3, -0.25) is 4.79 Å². The van der Waals surface area contributed by atoms with Crippen LogP contribution in [0, 0.1) is 12.8 Å². The van der Waals surface area contributed by atoms with E-state index in [-0.39, 0.29) is 5.91 Å². The fraction of sp³-hybridized carbons (Fsp3) is 0.462. The average molecular weight is 221 g/mol. The van der Waals surface area contributed by atoms with Crippen LogP contribution in [0.4, 0.5) is 0 Å². The van der Waals surface area contributed by atoms with E-state index in [1.54, 1.807) is 19.2 Å². The van der Waals surface area contributed by atoms with E-state index in [0.717, 1.165) is 11.3 Å². The Kier molecular flexibility index (Phi) is 4.35. The largest absolute Gasteiger partial charge is 0.497 e. The third-order valence-corrected chi connectivity index (χ3v) is 2.35. The third kappa shape index (κ3) is 3.26. The number of carbonyl (C=O) groups is 1. The number of nitrogens with one attached hydrogen (secondary N) is 1. The minimum absolute atomic E-state index is 0.0196. The van der Waals surface area contributed by atoms with Gasteiger partial charge in [0.25, 0.3) is 5.91 Å². The number of hydrogen-bond acceptors (Lipinski definition) is 2. The number of benzene rings is 1. The lowest BCUT2D eigenvalue weighted by atomic mass is 10.1. The molecule has 0 saturated carbocycles. The Morgan fingerprint density at radius 3 is 2.62 bits per heavy atom. The van der Waals surface area contributed by atoms with E-state index in [0.29, 0.717) is 18.0 Å². The zero-order valence-electron chi connectivity index (χ0n) is 10.3. The minimum Gasteiger partial charge on any atom is -0.497 e. The molecule has 0 atom stereocenters. The van der Waals surface area contributed by atoms with Crippen molar-refractivity contribution < 1.29 is 9.53 Å². The Morgan fingerprint density at radius 1 is 1.44 bits per heavy atom. The van der Waals surface area contributed by atoms with Crippen molar-refractivity contribution in [3.05, 3.63) is 29.3 Å². The van der Waals surface area contributed by atoms with Gasteiger partial charge in [-0.2, -0.15) is 0 Å². The molecular formula is C13H19NO2. The van der Waals surface area contributed by atoms with Crippen LogP contribution in [-0.4, -0.2) is 19.6 Å². The van der Waals surface area contributed by atoms with Crippen molar-refractivity contribution in [2.24, 2.45) is 5.92 Å². The van der Waals surface area contributed by atoms with E-state index in [1.807, 2.05) is 13.0 Å². The van der Waals surface area contributed by atoms with Crippen molar-refractivity contribution in [1.82, 2.24) is 5.32 Å². The Bertz CT molecular complexity index is 372. The first-order valence-corrected chi connectivity index (χ1v) is 5.47. The van der Waals surface area contributed by atoms with Gasteiger partial charge in [-0.15, -0.1) is 0 Å². The lowest BCUT2D eigenvalue weighted by Gasteiger charge is -2.10. The second kappa shape index (κ2) is 5.54. The number of carbonyl (C=O) groups excluding carboxylic acids is 1. The van der Waals surface area contributed by atoms with E-state index in [9.17, 15) is 4.79 Å². The molecule has 0 heterocycles.